The molecule has 1 aromatic heterocycles. The first-order valence-electron chi connectivity index (χ1n) is 6.09. The number of aromatic amines is 1. The molecular formula is C15H11ClN2O2. The molecule has 0 aliphatic rings. The van der Waals surface area contributed by atoms with Crippen LogP contribution in [-0.2, 0) is 0 Å². The summed E-state index contributed by atoms with van der Waals surface area (Å²) < 4.78 is 1.11. The Hall–Kier alpha value is -2.33. The number of hydrogen-bond donors (Lipinski definition) is 1. The summed E-state index contributed by atoms with van der Waals surface area (Å²) in [5.74, 6) is 0. The summed E-state index contributed by atoms with van der Waals surface area (Å²) in [6, 6.07) is 12.2. The second kappa shape index (κ2) is 4.65. The van der Waals surface area contributed by atoms with Crippen LogP contribution >= 0.6 is 11.6 Å². The Morgan fingerprint density at radius 1 is 1.05 bits per heavy atom. The summed E-state index contributed by atoms with van der Waals surface area (Å²) in [4.78, 5) is 27.5. The van der Waals surface area contributed by atoms with E-state index in [9.17, 15) is 9.59 Å². The highest BCUT2D eigenvalue weighted by molar-refractivity contribution is 6.35. The third-order valence-corrected chi connectivity index (χ3v) is 3.55. The Kier molecular flexibility index (Phi) is 2.95. The predicted molar refractivity (Wildman–Crippen MR) is 79.9 cm³/mol. The summed E-state index contributed by atoms with van der Waals surface area (Å²) in [6.07, 6.45) is 0. The van der Waals surface area contributed by atoms with Crippen molar-refractivity contribution in [2.75, 3.05) is 0 Å². The second-order valence-electron chi connectivity index (χ2n) is 4.52. The van der Waals surface area contributed by atoms with Crippen molar-refractivity contribution in [1.29, 1.82) is 0 Å². The molecule has 100 valence electrons. The van der Waals surface area contributed by atoms with Gasteiger partial charge in [-0.05, 0) is 30.7 Å². The minimum atomic E-state index is -0.473. The number of aryl methyl sites for hydroxylation is 1. The monoisotopic (exact) mass is 286 g/mol. The molecule has 0 aliphatic carbocycles. The zero-order chi connectivity index (χ0) is 14.3. The third kappa shape index (κ3) is 1.85. The molecule has 3 aromatic rings. The fourth-order valence-corrected chi connectivity index (χ4v) is 2.51. The maximum absolute atomic E-state index is 12.6. The Balaban J connectivity index is 2.50. The van der Waals surface area contributed by atoms with E-state index in [1.165, 1.54) is 0 Å². The van der Waals surface area contributed by atoms with Crippen LogP contribution in [0.4, 0.5) is 0 Å². The lowest BCUT2D eigenvalue weighted by molar-refractivity contribution is 0.894. The zero-order valence-corrected chi connectivity index (χ0v) is 11.4. The number of hydrogen-bond acceptors (Lipinski definition) is 2. The van der Waals surface area contributed by atoms with E-state index in [0.29, 0.717) is 21.6 Å². The molecule has 5 heteroatoms. The van der Waals surface area contributed by atoms with Crippen LogP contribution in [0.1, 0.15) is 5.56 Å². The minimum Gasteiger partial charge on any atom is -0.306 e. The van der Waals surface area contributed by atoms with Gasteiger partial charge < -0.3 is 4.98 Å². The fourth-order valence-electron chi connectivity index (χ4n) is 2.25. The number of halogens is 1. The molecule has 1 heterocycles. The molecule has 0 amide bonds. The SMILES string of the molecule is Cc1ccccc1-n1c(=O)[nH]c2cccc(Cl)c2c1=O. The van der Waals surface area contributed by atoms with Crippen LogP contribution in [0, 0.1) is 6.92 Å². The van der Waals surface area contributed by atoms with E-state index in [1.807, 2.05) is 19.1 Å². The molecule has 4 nitrogen and oxygen atoms in total. The lowest BCUT2D eigenvalue weighted by atomic mass is 10.2. The molecule has 0 fully saturated rings. The van der Waals surface area contributed by atoms with Crippen LogP contribution < -0.4 is 11.2 Å². The van der Waals surface area contributed by atoms with Gasteiger partial charge in [0.2, 0.25) is 0 Å². The number of nitrogens with one attached hydrogen (secondary N) is 1. The quantitative estimate of drug-likeness (QED) is 0.748. The summed E-state index contributed by atoms with van der Waals surface area (Å²) in [6.45, 7) is 1.85. The highest BCUT2D eigenvalue weighted by Crippen LogP contribution is 2.18. The maximum Gasteiger partial charge on any atom is 0.333 e. The molecule has 0 bridgehead atoms. The maximum atomic E-state index is 12.6. The van der Waals surface area contributed by atoms with Crippen LogP contribution in [0.2, 0.25) is 5.02 Å². The minimum absolute atomic E-state index is 0.317. The summed E-state index contributed by atoms with van der Waals surface area (Å²) in [5.41, 5.74) is 0.951. The van der Waals surface area contributed by atoms with E-state index in [0.717, 1.165) is 10.1 Å². The number of rotatable bonds is 1. The van der Waals surface area contributed by atoms with E-state index in [2.05, 4.69) is 4.98 Å². The van der Waals surface area contributed by atoms with Gasteiger partial charge in [-0.3, -0.25) is 4.79 Å². The Bertz CT molecular complexity index is 925. The Morgan fingerprint density at radius 3 is 2.55 bits per heavy atom. The molecule has 1 N–H and O–H groups in total. The van der Waals surface area contributed by atoms with Gasteiger partial charge in [0.1, 0.15) is 0 Å². The van der Waals surface area contributed by atoms with Gasteiger partial charge in [-0.25, -0.2) is 9.36 Å². The van der Waals surface area contributed by atoms with Crippen molar-refractivity contribution < 1.29 is 0 Å². The van der Waals surface area contributed by atoms with Gasteiger partial charge in [-0.15, -0.1) is 0 Å². The van der Waals surface area contributed by atoms with Gasteiger partial charge in [0.25, 0.3) is 5.56 Å². The number of fused-ring (bicyclic) bond motifs is 1. The van der Waals surface area contributed by atoms with E-state index in [4.69, 9.17) is 11.6 Å². The number of nitrogens with zero attached hydrogens (tertiary/aromatic N) is 1. The van der Waals surface area contributed by atoms with Crippen molar-refractivity contribution >= 4 is 22.5 Å². The highest BCUT2D eigenvalue weighted by atomic mass is 35.5. The highest BCUT2D eigenvalue weighted by Gasteiger charge is 2.12. The van der Waals surface area contributed by atoms with Crippen molar-refractivity contribution in [2.45, 2.75) is 6.92 Å². The van der Waals surface area contributed by atoms with Crippen LogP contribution in [0.5, 0.6) is 0 Å². The van der Waals surface area contributed by atoms with Crippen LogP contribution in [-0.4, -0.2) is 9.55 Å². The van der Waals surface area contributed by atoms with Crippen LogP contribution in [0.3, 0.4) is 0 Å². The third-order valence-electron chi connectivity index (χ3n) is 3.23. The molecule has 0 radical (unpaired) electrons. The lowest BCUT2D eigenvalue weighted by Crippen LogP contribution is -2.34. The molecule has 20 heavy (non-hydrogen) atoms. The van der Waals surface area contributed by atoms with Gasteiger partial charge in [0.15, 0.2) is 0 Å². The standard InChI is InChI=1S/C15H11ClN2O2/c1-9-5-2-3-8-12(9)18-14(19)13-10(16)6-4-7-11(13)17-15(18)20/h2-8H,1H3,(H,17,20). The van der Waals surface area contributed by atoms with Gasteiger partial charge >= 0.3 is 5.69 Å². The number of para-hydroxylation sites is 1. The average molecular weight is 287 g/mol. The smallest absolute Gasteiger partial charge is 0.306 e. The van der Waals surface area contributed by atoms with Crippen molar-refractivity contribution in [3.8, 4) is 5.69 Å². The van der Waals surface area contributed by atoms with E-state index >= 15 is 0 Å². The molecule has 0 saturated heterocycles. The summed E-state index contributed by atoms with van der Waals surface area (Å²) in [5, 5.41) is 0.642. The first kappa shape index (κ1) is 12.7. The number of aromatic nitrogens is 2. The van der Waals surface area contributed by atoms with Gasteiger partial charge in [-0.1, -0.05) is 35.9 Å². The molecule has 3 rings (SSSR count). The summed E-state index contributed by atoms with van der Waals surface area (Å²) >= 11 is 6.08. The normalized spacial score (nSPS) is 10.9. The molecule has 0 spiro atoms. The van der Waals surface area contributed by atoms with E-state index < -0.39 is 11.2 Å². The molecule has 0 atom stereocenters. The Labute approximate surface area is 119 Å². The Morgan fingerprint density at radius 2 is 1.80 bits per heavy atom. The number of H-pyrrole nitrogens is 1. The molecular weight excluding hydrogens is 276 g/mol. The van der Waals surface area contributed by atoms with Gasteiger partial charge in [0, 0.05) is 0 Å². The molecule has 0 saturated carbocycles. The van der Waals surface area contributed by atoms with Crippen LogP contribution in [0.25, 0.3) is 16.6 Å². The summed E-state index contributed by atoms with van der Waals surface area (Å²) in [7, 11) is 0. The lowest BCUT2D eigenvalue weighted by Gasteiger charge is -2.09. The molecule has 2 aromatic carbocycles. The van der Waals surface area contributed by atoms with Gasteiger partial charge in [0.05, 0.1) is 21.6 Å². The first-order valence-corrected chi connectivity index (χ1v) is 6.47. The molecule has 0 aliphatic heterocycles. The van der Waals surface area contributed by atoms with Crippen molar-refractivity contribution in [3.63, 3.8) is 0 Å². The number of benzene rings is 2. The van der Waals surface area contributed by atoms with Crippen molar-refractivity contribution in [3.05, 3.63) is 73.9 Å². The van der Waals surface area contributed by atoms with E-state index in [-0.39, 0.29) is 0 Å². The van der Waals surface area contributed by atoms with Crippen LogP contribution in [0.15, 0.2) is 52.1 Å². The molecule has 0 unspecified atom stereocenters. The van der Waals surface area contributed by atoms with Crippen molar-refractivity contribution in [2.24, 2.45) is 0 Å². The van der Waals surface area contributed by atoms with Crippen molar-refractivity contribution in [1.82, 2.24) is 9.55 Å². The predicted octanol–water partition coefficient (Wildman–Crippen LogP) is 2.64. The average Bonchev–Trinajstić information content (AvgIpc) is 2.40. The fraction of sp³-hybridized carbons (Fsp3) is 0.0667. The van der Waals surface area contributed by atoms with Gasteiger partial charge in [-0.2, -0.15) is 0 Å². The first-order chi connectivity index (χ1) is 9.59. The largest absolute Gasteiger partial charge is 0.333 e. The zero-order valence-electron chi connectivity index (χ0n) is 10.7. The topological polar surface area (TPSA) is 54.9 Å². The van der Waals surface area contributed by atoms with E-state index in [1.54, 1.807) is 30.3 Å². The second-order valence-corrected chi connectivity index (χ2v) is 4.93.